The number of nitrogens with two attached hydrogens (primary N) is 1. The number of thiophene rings is 1. The minimum atomic E-state index is 0.405. The zero-order chi connectivity index (χ0) is 12.3. The first kappa shape index (κ1) is 11.9. The summed E-state index contributed by atoms with van der Waals surface area (Å²) in [5.74, 6) is 5.90. The molecule has 2 heterocycles. The van der Waals surface area contributed by atoms with Crippen LogP contribution in [-0.4, -0.2) is 16.3 Å². The molecule has 88 valence electrons. The summed E-state index contributed by atoms with van der Waals surface area (Å²) < 4.78 is 2.02. The Balaban J connectivity index is 2.14. The maximum absolute atomic E-state index is 5.35. The summed E-state index contributed by atoms with van der Waals surface area (Å²) in [4.78, 5) is 1.26. The van der Waals surface area contributed by atoms with Gasteiger partial charge in [0.15, 0.2) is 0 Å². The van der Waals surface area contributed by atoms with Crippen molar-refractivity contribution < 1.29 is 0 Å². The Morgan fingerprint density at radius 1 is 1.41 bits per heavy atom. The molecule has 0 aliphatic carbocycles. The fourth-order valence-electron chi connectivity index (χ4n) is 1.66. The Bertz CT molecular complexity index is 569. The molecule has 2 aromatic heterocycles. The average molecular weight is 245 g/mol. The molecule has 0 aromatic carbocycles. The minimum absolute atomic E-state index is 0.405. The number of rotatable bonds is 2. The van der Waals surface area contributed by atoms with Crippen LogP contribution in [0.2, 0.25) is 0 Å². The summed E-state index contributed by atoms with van der Waals surface area (Å²) in [7, 11) is 0. The molecule has 0 saturated carbocycles. The molecule has 0 radical (unpaired) electrons. The van der Waals surface area contributed by atoms with Gasteiger partial charge in [-0.15, -0.1) is 11.3 Å². The lowest BCUT2D eigenvalue weighted by atomic mass is 10.3. The van der Waals surface area contributed by atoms with Crippen LogP contribution >= 0.6 is 11.3 Å². The van der Waals surface area contributed by atoms with Gasteiger partial charge in [-0.3, -0.25) is 4.68 Å². The maximum atomic E-state index is 5.35. The van der Waals surface area contributed by atoms with Gasteiger partial charge >= 0.3 is 0 Å². The third-order valence-corrected chi connectivity index (χ3v) is 3.32. The summed E-state index contributed by atoms with van der Waals surface area (Å²) in [5, 5.41) is 6.50. The van der Waals surface area contributed by atoms with Gasteiger partial charge < -0.3 is 5.73 Å². The molecule has 2 rings (SSSR count). The molecule has 0 amide bonds. The van der Waals surface area contributed by atoms with E-state index in [0.717, 1.165) is 17.8 Å². The Morgan fingerprint density at radius 3 is 2.88 bits per heavy atom. The van der Waals surface area contributed by atoms with Crippen LogP contribution in [0.5, 0.6) is 0 Å². The van der Waals surface area contributed by atoms with Crippen molar-refractivity contribution in [2.45, 2.75) is 20.4 Å². The second-order valence-electron chi connectivity index (χ2n) is 3.89. The molecule has 0 fully saturated rings. The van der Waals surface area contributed by atoms with E-state index in [9.17, 15) is 0 Å². The van der Waals surface area contributed by atoms with Crippen molar-refractivity contribution in [2.24, 2.45) is 5.73 Å². The highest BCUT2D eigenvalue weighted by Gasteiger charge is 2.03. The Morgan fingerprint density at radius 2 is 2.24 bits per heavy atom. The van der Waals surface area contributed by atoms with Crippen molar-refractivity contribution in [2.75, 3.05) is 6.54 Å². The van der Waals surface area contributed by atoms with E-state index in [1.165, 1.54) is 10.6 Å². The average Bonchev–Trinajstić information content (AvgIpc) is 2.84. The summed E-state index contributed by atoms with van der Waals surface area (Å²) in [6.07, 6.45) is 0. The lowest BCUT2D eigenvalue weighted by Crippen LogP contribution is -2.02. The van der Waals surface area contributed by atoms with Crippen LogP contribution in [0.15, 0.2) is 17.5 Å². The monoisotopic (exact) mass is 245 g/mol. The first-order valence-electron chi connectivity index (χ1n) is 5.46. The van der Waals surface area contributed by atoms with Gasteiger partial charge in [0, 0.05) is 21.5 Å². The van der Waals surface area contributed by atoms with E-state index in [1.807, 2.05) is 11.6 Å². The topological polar surface area (TPSA) is 43.8 Å². The molecular weight excluding hydrogens is 230 g/mol. The van der Waals surface area contributed by atoms with Gasteiger partial charge in [-0.2, -0.15) is 5.10 Å². The summed E-state index contributed by atoms with van der Waals surface area (Å²) in [6, 6.07) is 4.19. The molecule has 4 heteroatoms. The van der Waals surface area contributed by atoms with Gasteiger partial charge in [-0.05, 0) is 26.0 Å². The van der Waals surface area contributed by atoms with Gasteiger partial charge in [0.1, 0.15) is 0 Å². The predicted octanol–water partition coefficient (Wildman–Crippen LogP) is 1.92. The zero-order valence-corrected chi connectivity index (χ0v) is 10.8. The molecule has 0 atom stereocenters. The van der Waals surface area contributed by atoms with E-state index in [2.05, 4.69) is 41.4 Å². The summed E-state index contributed by atoms with van der Waals surface area (Å²) in [5.41, 5.74) is 8.63. The number of aromatic nitrogens is 2. The largest absolute Gasteiger partial charge is 0.320 e. The lowest BCUT2D eigenvalue weighted by molar-refractivity contribution is 0.666. The van der Waals surface area contributed by atoms with Crippen molar-refractivity contribution in [3.63, 3.8) is 0 Å². The van der Waals surface area contributed by atoms with E-state index in [1.54, 1.807) is 11.3 Å². The van der Waals surface area contributed by atoms with Gasteiger partial charge in [0.2, 0.25) is 0 Å². The summed E-state index contributed by atoms with van der Waals surface area (Å²) >= 11 is 1.71. The van der Waals surface area contributed by atoms with E-state index in [4.69, 9.17) is 5.73 Å². The van der Waals surface area contributed by atoms with Crippen LogP contribution in [-0.2, 0) is 6.54 Å². The molecule has 0 aliphatic heterocycles. The van der Waals surface area contributed by atoms with Crippen LogP contribution in [0.3, 0.4) is 0 Å². The molecule has 2 aromatic rings. The minimum Gasteiger partial charge on any atom is -0.320 e. The van der Waals surface area contributed by atoms with Gasteiger partial charge in [0.25, 0.3) is 0 Å². The second kappa shape index (κ2) is 5.17. The molecule has 0 spiro atoms. The zero-order valence-electron chi connectivity index (χ0n) is 10.0. The standard InChI is InChI=1S/C13H15N3S/c1-10-6-11(2)16(15-10)8-13-7-12(9-17-13)4-3-5-14/h6-7,9H,5,8,14H2,1-2H3. The lowest BCUT2D eigenvalue weighted by Gasteiger charge is -2.00. The highest BCUT2D eigenvalue weighted by molar-refractivity contribution is 7.10. The smallest absolute Gasteiger partial charge is 0.0755 e. The fraction of sp³-hybridized carbons (Fsp3) is 0.308. The van der Waals surface area contributed by atoms with E-state index in [-0.39, 0.29) is 0 Å². The van der Waals surface area contributed by atoms with E-state index >= 15 is 0 Å². The highest BCUT2D eigenvalue weighted by Crippen LogP contribution is 2.16. The summed E-state index contributed by atoms with van der Waals surface area (Å²) in [6.45, 7) is 5.30. The maximum Gasteiger partial charge on any atom is 0.0755 e. The van der Waals surface area contributed by atoms with E-state index < -0.39 is 0 Å². The van der Waals surface area contributed by atoms with Gasteiger partial charge in [0.05, 0.1) is 18.8 Å². The third-order valence-electron chi connectivity index (χ3n) is 2.40. The highest BCUT2D eigenvalue weighted by atomic mass is 32.1. The van der Waals surface area contributed by atoms with Crippen molar-refractivity contribution in [1.82, 2.24) is 9.78 Å². The fourth-order valence-corrected chi connectivity index (χ4v) is 2.46. The molecule has 0 saturated heterocycles. The molecule has 0 aliphatic rings. The molecule has 17 heavy (non-hydrogen) atoms. The Kier molecular flexibility index (Phi) is 3.62. The Hall–Kier alpha value is -1.57. The Labute approximate surface area is 105 Å². The van der Waals surface area contributed by atoms with Gasteiger partial charge in [-0.1, -0.05) is 11.8 Å². The van der Waals surface area contributed by atoms with Crippen molar-refractivity contribution in [3.05, 3.63) is 39.3 Å². The number of hydrogen-bond donors (Lipinski definition) is 1. The first-order chi connectivity index (χ1) is 8.19. The first-order valence-corrected chi connectivity index (χ1v) is 6.34. The van der Waals surface area contributed by atoms with Crippen LogP contribution in [0, 0.1) is 25.7 Å². The van der Waals surface area contributed by atoms with Crippen LogP contribution in [0.1, 0.15) is 21.8 Å². The molecule has 0 unspecified atom stereocenters. The van der Waals surface area contributed by atoms with Crippen LogP contribution in [0.4, 0.5) is 0 Å². The van der Waals surface area contributed by atoms with Crippen molar-refractivity contribution in [3.8, 4) is 11.8 Å². The quantitative estimate of drug-likeness (QED) is 0.821. The number of hydrogen-bond acceptors (Lipinski definition) is 3. The number of nitrogens with zero attached hydrogens (tertiary/aromatic N) is 2. The molecule has 0 bridgehead atoms. The van der Waals surface area contributed by atoms with Gasteiger partial charge in [-0.25, -0.2) is 0 Å². The second-order valence-corrected chi connectivity index (χ2v) is 4.89. The predicted molar refractivity (Wildman–Crippen MR) is 71.1 cm³/mol. The molecule has 2 N–H and O–H groups in total. The van der Waals surface area contributed by atoms with Crippen molar-refractivity contribution in [1.29, 1.82) is 0 Å². The SMILES string of the molecule is Cc1cc(C)n(Cc2cc(C#CCN)cs2)n1. The van der Waals surface area contributed by atoms with Crippen LogP contribution in [0.25, 0.3) is 0 Å². The molecule has 3 nitrogen and oxygen atoms in total. The molecular formula is C13H15N3S. The van der Waals surface area contributed by atoms with Crippen molar-refractivity contribution >= 4 is 11.3 Å². The van der Waals surface area contributed by atoms with E-state index in [0.29, 0.717) is 6.54 Å². The number of aryl methyl sites for hydroxylation is 2. The normalized spacial score (nSPS) is 10.1. The van der Waals surface area contributed by atoms with Crippen LogP contribution < -0.4 is 5.73 Å². The third kappa shape index (κ3) is 2.96.